The molecular weight excluding hydrogens is 210 g/mol. The predicted octanol–water partition coefficient (Wildman–Crippen LogP) is 2.46. The fraction of sp³-hybridized carbons (Fsp3) is 0.417. The highest BCUT2D eigenvalue weighted by atomic mass is 19.2. The predicted molar refractivity (Wildman–Crippen MR) is 59.7 cm³/mol. The second-order valence-electron chi connectivity index (χ2n) is 4.08. The Balaban J connectivity index is 2.03. The molecule has 16 heavy (non-hydrogen) atoms. The monoisotopic (exact) mass is 224 g/mol. The third kappa shape index (κ3) is 2.21. The number of nitrogens with one attached hydrogen (secondary N) is 1. The minimum Gasteiger partial charge on any atom is -0.371 e. The summed E-state index contributed by atoms with van der Waals surface area (Å²) in [5, 5.41) is 3.22. The Hall–Kier alpha value is -1.45. The van der Waals surface area contributed by atoms with E-state index in [-0.39, 0.29) is 5.92 Å². The van der Waals surface area contributed by atoms with Gasteiger partial charge in [-0.15, -0.1) is 0 Å². The summed E-state index contributed by atoms with van der Waals surface area (Å²) in [6.45, 7) is 1.89. The molecule has 1 saturated carbocycles. The maximum Gasteiger partial charge on any atom is 0.159 e. The Morgan fingerprint density at radius 3 is 2.75 bits per heavy atom. The molecule has 2 unspecified atom stereocenters. The summed E-state index contributed by atoms with van der Waals surface area (Å²) in [6.07, 6.45) is 0.942. The van der Waals surface area contributed by atoms with E-state index in [1.165, 1.54) is 12.1 Å². The van der Waals surface area contributed by atoms with Crippen LogP contribution < -0.4 is 5.32 Å². The lowest BCUT2D eigenvalue weighted by Gasteiger charge is -2.04. The van der Waals surface area contributed by atoms with E-state index in [2.05, 4.69) is 10.3 Å². The van der Waals surface area contributed by atoms with Crippen molar-refractivity contribution in [3.8, 4) is 0 Å². The maximum atomic E-state index is 13.0. The number of benzene rings is 1. The first-order valence-electron chi connectivity index (χ1n) is 5.26. The van der Waals surface area contributed by atoms with Crippen molar-refractivity contribution in [2.24, 2.45) is 4.99 Å². The topological polar surface area (TPSA) is 24.4 Å². The van der Waals surface area contributed by atoms with Crippen LogP contribution in [0.2, 0.25) is 0 Å². The van der Waals surface area contributed by atoms with E-state index in [9.17, 15) is 8.78 Å². The molecule has 1 fully saturated rings. The van der Waals surface area contributed by atoms with E-state index >= 15 is 0 Å². The van der Waals surface area contributed by atoms with Crippen LogP contribution in [0.25, 0.3) is 0 Å². The first-order valence-corrected chi connectivity index (χ1v) is 5.26. The third-order valence-corrected chi connectivity index (χ3v) is 2.89. The lowest BCUT2D eigenvalue weighted by atomic mass is 10.1. The van der Waals surface area contributed by atoms with Crippen molar-refractivity contribution in [3.63, 3.8) is 0 Å². The lowest BCUT2D eigenvalue weighted by Crippen LogP contribution is -2.23. The number of hydrogen-bond donors (Lipinski definition) is 1. The molecule has 4 heteroatoms. The van der Waals surface area contributed by atoms with Gasteiger partial charge in [0, 0.05) is 19.0 Å². The summed E-state index contributed by atoms with van der Waals surface area (Å²) in [4.78, 5) is 4.00. The smallest absolute Gasteiger partial charge is 0.159 e. The second kappa shape index (κ2) is 4.20. The van der Waals surface area contributed by atoms with E-state index in [0.717, 1.165) is 17.8 Å². The summed E-state index contributed by atoms with van der Waals surface area (Å²) >= 11 is 0. The fourth-order valence-electron chi connectivity index (χ4n) is 1.80. The second-order valence-corrected chi connectivity index (χ2v) is 4.08. The molecule has 86 valence electrons. The van der Waals surface area contributed by atoms with Crippen LogP contribution in [0.3, 0.4) is 0 Å². The number of halogens is 2. The molecule has 0 spiro atoms. The zero-order valence-corrected chi connectivity index (χ0v) is 9.30. The molecule has 2 nitrogen and oxygen atoms in total. The van der Waals surface area contributed by atoms with Gasteiger partial charge in [0.25, 0.3) is 0 Å². The Morgan fingerprint density at radius 2 is 2.12 bits per heavy atom. The number of nitrogens with zero attached hydrogens (tertiary/aromatic N) is 1. The highest BCUT2D eigenvalue weighted by Gasteiger charge is 2.38. The highest BCUT2D eigenvalue weighted by molar-refractivity contribution is 5.80. The number of rotatable bonds is 2. The molecule has 0 aromatic heterocycles. The quantitative estimate of drug-likeness (QED) is 0.605. The van der Waals surface area contributed by atoms with Crippen LogP contribution in [0.5, 0.6) is 0 Å². The van der Waals surface area contributed by atoms with Crippen LogP contribution in [-0.2, 0) is 0 Å². The van der Waals surface area contributed by atoms with Crippen molar-refractivity contribution in [3.05, 3.63) is 35.4 Å². The van der Waals surface area contributed by atoms with Crippen molar-refractivity contribution >= 4 is 5.84 Å². The van der Waals surface area contributed by atoms with Crippen molar-refractivity contribution in [1.82, 2.24) is 5.32 Å². The molecule has 1 aliphatic carbocycles. The van der Waals surface area contributed by atoms with Crippen molar-refractivity contribution in [2.75, 3.05) is 7.05 Å². The van der Waals surface area contributed by atoms with Gasteiger partial charge in [-0.1, -0.05) is 6.07 Å². The van der Waals surface area contributed by atoms with E-state index in [0.29, 0.717) is 6.04 Å². The molecule has 0 saturated heterocycles. The summed E-state index contributed by atoms with van der Waals surface area (Å²) in [5.41, 5.74) is 0.848. The normalized spacial score (nSPS) is 24.4. The molecule has 0 radical (unpaired) electrons. The van der Waals surface area contributed by atoms with Crippen LogP contribution >= 0.6 is 0 Å². The minimum absolute atomic E-state index is 0.270. The fourth-order valence-corrected chi connectivity index (χ4v) is 1.80. The van der Waals surface area contributed by atoms with E-state index in [1.54, 1.807) is 13.1 Å². The van der Waals surface area contributed by atoms with Gasteiger partial charge in [-0.2, -0.15) is 0 Å². The molecule has 0 bridgehead atoms. The number of hydrogen-bond acceptors (Lipinski definition) is 1. The van der Waals surface area contributed by atoms with E-state index < -0.39 is 11.6 Å². The van der Waals surface area contributed by atoms with Gasteiger partial charge in [-0.3, -0.25) is 4.99 Å². The lowest BCUT2D eigenvalue weighted by molar-refractivity contribution is 0.507. The number of aliphatic imine (C=N–C) groups is 1. The van der Waals surface area contributed by atoms with Gasteiger partial charge in [0.2, 0.25) is 0 Å². The zero-order chi connectivity index (χ0) is 11.7. The molecule has 0 aliphatic heterocycles. The van der Waals surface area contributed by atoms with Gasteiger partial charge in [0.15, 0.2) is 11.6 Å². The van der Waals surface area contributed by atoms with Gasteiger partial charge in [-0.25, -0.2) is 8.78 Å². The first kappa shape index (κ1) is 11.0. The first-order chi connectivity index (χ1) is 7.61. The molecule has 1 N–H and O–H groups in total. The largest absolute Gasteiger partial charge is 0.371 e. The Kier molecular flexibility index (Phi) is 2.90. The average Bonchev–Trinajstić information content (AvgIpc) is 3.01. The SMILES string of the molecule is CN=C(C)NC1CC1c1ccc(F)c(F)c1. The van der Waals surface area contributed by atoms with Crippen LogP contribution in [0.1, 0.15) is 24.8 Å². The van der Waals surface area contributed by atoms with Gasteiger partial charge in [0.05, 0.1) is 5.84 Å². The van der Waals surface area contributed by atoms with E-state index in [4.69, 9.17) is 0 Å². The highest BCUT2D eigenvalue weighted by Crippen LogP contribution is 2.41. The molecule has 0 heterocycles. The standard InChI is InChI=1S/C12H14F2N2/c1-7(15-2)16-12-6-9(12)8-3-4-10(13)11(14)5-8/h3-5,9,12H,6H2,1-2H3,(H,15,16). The minimum atomic E-state index is -0.791. The molecule has 1 aliphatic rings. The van der Waals surface area contributed by atoms with Crippen molar-refractivity contribution in [1.29, 1.82) is 0 Å². The van der Waals surface area contributed by atoms with Gasteiger partial charge in [-0.05, 0) is 31.0 Å². The van der Waals surface area contributed by atoms with Gasteiger partial charge >= 0.3 is 0 Å². The maximum absolute atomic E-state index is 13.0. The summed E-state index contributed by atoms with van der Waals surface area (Å²) in [5.74, 6) is -0.425. The molecule has 0 amide bonds. The van der Waals surface area contributed by atoms with Crippen molar-refractivity contribution in [2.45, 2.75) is 25.3 Å². The Bertz CT molecular complexity index is 429. The average molecular weight is 224 g/mol. The van der Waals surface area contributed by atoms with Crippen LogP contribution in [0, 0.1) is 11.6 Å². The Morgan fingerprint density at radius 1 is 1.38 bits per heavy atom. The molecule has 1 aromatic rings. The Labute approximate surface area is 93.4 Å². The molecule has 2 rings (SSSR count). The van der Waals surface area contributed by atoms with Crippen LogP contribution in [-0.4, -0.2) is 18.9 Å². The number of amidine groups is 1. The van der Waals surface area contributed by atoms with E-state index in [1.807, 2.05) is 6.92 Å². The van der Waals surface area contributed by atoms with Crippen molar-refractivity contribution < 1.29 is 8.78 Å². The molecular formula is C12H14F2N2. The summed E-state index contributed by atoms with van der Waals surface area (Å²) < 4.78 is 25.7. The molecule has 2 atom stereocenters. The summed E-state index contributed by atoms with van der Waals surface area (Å²) in [7, 11) is 1.72. The van der Waals surface area contributed by atoms with Gasteiger partial charge in [0.1, 0.15) is 0 Å². The zero-order valence-electron chi connectivity index (χ0n) is 9.30. The van der Waals surface area contributed by atoms with Gasteiger partial charge < -0.3 is 5.32 Å². The third-order valence-electron chi connectivity index (χ3n) is 2.89. The van der Waals surface area contributed by atoms with Crippen LogP contribution in [0.15, 0.2) is 23.2 Å². The summed E-state index contributed by atoms with van der Waals surface area (Å²) in [6, 6.07) is 4.40. The van der Waals surface area contributed by atoms with Crippen LogP contribution in [0.4, 0.5) is 8.78 Å². The molecule has 1 aromatic carbocycles.